The van der Waals surface area contributed by atoms with Gasteiger partial charge in [0.2, 0.25) is 5.91 Å². The van der Waals surface area contributed by atoms with Crippen LogP contribution >= 0.6 is 0 Å². The highest BCUT2D eigenvalue weighted by molar-refractivity contribution is 5.89. The second-order valence-corrected chi connectivity index (χ2v) is 4.76. The SMILES string of the molecule is CCN(CC)C(=O)C(C)NC(=O)NC(C)(C)C(=O)O. The van der Waals surface area contributed by atoms with E-state index in [4.69, 9.17) is 5.11 Å². The van der Waals surface area contributed by atoms with Gasteiger partial charge in [0.15, 0.2) is 0 Å². The molecule has 0 fully saturated rings. The Hall–Kier alpha value is -1.79. The fourth-order valence-electron chi connectivity index (χ4n) is 1.44. The average molecular weight is 273 g/mol. The fourth-order valence-corrected chi connectivity index (χ4v) is 1.44. The largest absolute Gasteiger partial charge is 0.480 e. The molecule has 7 heteroatoms. The molecule has 1 atom stereocenters. The lowest BCUT2D eigenvalue weighted by molar-refractivity contribution is -0.142. The Labute approximate surface area is 113 Å². The zero-order valence-corrected chi connectivity index (χ0v) is 12.1. The van der Waals surface area contributed by atoms with Crippen LogP contribution < -0.4 is 10.6 Å². The normalized spacial score (nSPS) is 12.5. The number of carbonyl (C=O) groups is 3. The van der Waals surface area contributed by atoms with Crippen molar-refractivity contribution >= 4 is 17.9 Å². The Bertz CT molecular complexity index is 351. The lowest BCUT2D eigenvalue weighted by Crippen LogP contribution is -2.56. The van der Waals surface area contributed by atoms with Gasteiger partial charge in [-0.05, 0) is 34.6 Å². The van der Waals surface area contributed by atoms with Crippen molar-refractivity contribution in [2.45, 2.75) is 46.2 Å². The smallest absolute Gasteiger partial charge is 0.328 e. The average Bonchev–Trinajstić information content (AvgIpc) is 2.29. The number of rotatable bonds is 6. The molecule has 0 aromatic heterocycles. The van der Waals surface area contributed by atoms with Gasteiger partial charge in [0.1, 0.15) is 11.6 Å². The number of likely N-dealkylation sites (N-methyl/N-ethyl adjacent to an activating group) is 1. The molecule has 0 heterocycles. The zero-order chi connectivity index (χ0) is 15.2. The Morgan fingerprint density at radius 1 is 1.21 bits per heavy atom. The van der Waals surface area contributed by atoms with E-state index in [-0.39, 0.29) is 5.91 Å². The van der Waals surface area contributed by atoms with Crippen LogP contribution in [-0.2, 0) is 9.59 Å². The second kappa shape index (κ2) is 6.96. The summed E-state index contributed by atoms with van der Waals surface area (Å²) in [5.74, 6) is -1.35. The molecular weight excluding hydrogens is 250 g/mol. The number of carboxylic acids is 1. The summed E-state index contributed by atoms with van der Waals surface area (Å²) in [5, 5.41) is 13.6. The number of hydrogen-bond acceptors (Lipinski definition) is 3. The lowest BCUT2D eigenvalue weighted by Gasteiger charge is -2.26. The summed E-state index contributed by atoms with van der Waals surface area (Å²) in [4.78, 5) is 36.0. The number of amides is 3. The fraction of sp³-hybridized carbons (Fsp3) is 0.750. The van der Waals surface area contributed by atoms with Crippen LogP contribution in [0.3, 0.4) is 0 Å². The van der Waals surface area contributed by atoms with Gasteiger partial charge in [-0.1, -0.05) is 0 Å². The number of nitrogens with zero attached hydrogens (tertiary/aromatic N) is 1. The predicted octanol–water partition coefficient (Wildman–Crippen LogP) is 0.406. The third-order valence-electron chi connectivity index (χ3n) is 2.75. The van der Waals surface area contributed by atoms with E-state index < -0.39 is 23.6 Å². The second-order valence-electron chi connectivity index (χ2n) is 4.76. The van der Waals surface area contributed by atoms with E-state index in [1.807, 2.05) is 13.8 Å². The third kappa shape index (κ3) is 5.15. The maximum absolute atomic E-state index is 11.9. The van der Waals surface area contributed by atoms with Crippen molar-refractivity contribution in [2.75, 3.05) is 13.1 Å². The van der Waals surface area contributed by atoms with Gasteiger partial charge in [-0.2, -0.15) is 0 Å². The topological polar surface area (TPSA) is 98.7 Å². The molecule has 7 nitrogen and oxygen atoms in total. The number of carbonyl (C=O) groups excluding carboxylic acids is 2. The minimum atomic E-state index is -1.39. The first kappa shape index (κ1) is 17.2. The molecule has 0 aliphatic carbocycles. The molecular formula is C12H23N3O4. The van der Waals surface area contributed by atoms with Gasteiger partial charge >= 0.3 is 12.0 Å². The first-order chi connectivity index (χ1) is 8.65. The van der Waals surface area contributed by atoms with Gasteiger partial charge in [0, 0.05) is 13.1 Å². The van der Waals surface area contributed by atoms with Crippen molar-refractivity contribution in [3.8, 4) is 0 Å². The lowest BCUT2D eigenvalue weighted by atomic mass is 10.1. The van der Waals surface area contributed by atoms with E-state index in [1.54, 1.807) is 11.8 Å². The molecule has 3 amide bonds. The molecule has 1 unspecified atom stereocenters. The Morgan fingerprint density at radius 3 is 2.05 bits per heavy atom. The van der Waals surface area contributed by atoms with Crippen molar-refractivity contribution < 1.29 is 19.5 Å². The molecule has 19 heavy (non-hydrogen) atoms. The molecule has 0 bridgehead atoms. The van der Waals surface area contributed by atoms with Crippen LogP contribution in [0.1, 0.15) is 34.6 Å². The maximum atomic E-state index is 11.9. The molecule has 0 saturated carbocycles. The summed E-state index contributed by atoms with van der Waals surface area (Å²) < 4.78 is 0. The Balaban J connectivity index is 4.49. The minimum Gasteiger partial charge on any atom is -0.480 e. The van der Waals surface area contributed by atoms with E-state index in [9.17, 15) is 14.4 Å². The summed E-state index contributed by atoms with van der Waals surface area (Å²) in [6.45, 7) is 9.11. The predicted molar refractivity (Wildman–Crippen MR) is 70.8 cm³/mol. The highest BCUT2D eigenvalue weighted by atomic mass is 16.4. The van der Waals surface area contributed by atoms with Crippen LogP contribution in [0, 0.1) is 0 Å². The first-order valence-electron chi connectivity index (χ1n) is 6.26. The number of aliphatic carboxylic acids is 1. The summed E-state index contributed by atoms with van der Waals surface area (Å²) in [7, 11) is 0. The quantitative estimate of drug-likeness (QED) is 0.652. The molecule has 0 spiro atoms. The zero-order valence-electron chi connectivity index (χ0n) is 12.1. The molecule has 3 N–H and O–H groups in total. The summed E-state index contributed by atoms with van der Waals surface area (Å²) in [5.41, 5.74) is -1.39. The molecule has 110 valence electrons. The number of nitrogens with one attached hydrogen (secondary N) is 2. The van der Waals surface area contributed by atoms with Gasteiger partial charge < -0.3 is 20.6 Å². The number of urea groups is 1. The monoisotopic (exact) mass is 273 g/mol. The molecule has 0 aromatic rings. The number of carboxylic acid groups (broad SMARTS) is 1. The highest BCUT2D eigenvalue weighted by Gasteiger charge is 2.30. The van der Waals surface area contributed by atoms with Crippen LogP contribution in [0.4, 0.5) is 4.79 Å². The van der Waals surface area contributed by atoms with Crippen molar-refractivity contribution in [3.63, 3.8) is 0 Å². The van der Waals surface area contributed by atoms with Crippen molar-refractivity contribution in [3.05, 3.63) is 0 Å². The van der Waals surface area contributed by atoms with Crippen LogP contribution in [0.15, 0.2) is 0 Å². The van der Waals surface area contributed by atoms with Crippen LogP contribution in [0.25, 0.3) is 0 Å². The van der Waals surface area contributed by atoms with E-state index in [1.165, 1.54) is 13.8 Å². The molecule has 0 aliphatic rings. The van der Waals surface area contributed by atoms with Gasteiger partial charge in [-0.3, -0.25) is 4.79 Å². The molecule has 0 radical (unpaired) electrons. The van der Waals surface area contributed by atoms with Gasteiger partial charge in [0.25, 0.3) is 0 Å². The highest BCUT2D eigenvalue weighted by Crippen LogP contribution is 2.02. The van der Waals surface area contributed by atoms with Crippen LogP contribution in [0.5, 0.6) is 0 Å². The Kier molecular flexibility index (Phi) is 6.31. The summed E-state index contributed by atoms with van der Waals surface area (Å²) in [6, 6.07) is -1.38. The number of hydrogen-bond donors (Lipinski definition) is 3. The van der Waals surface area contributed by atoms with Crippen LogP contribution in [0.2, 0.25) is 0 Å². The van der Waals surface area contributed by atoms with Gasteiger partial charge in [-0.15, -0.1) is 0 Å². The molecule has 0 aliphatic heterocycles. The molecule has 0 rings (SSSR count). The van der Waals surface area contributed by atoms with Crippen molar-refractivity contribution in [2.24, 2.45) is 0 Å². The standard InChI is InChI=1S/C12H23N3O4/c1-6-15(7-2)9(16)8(3)13-11(19)14-12(4,5)10(17)18/h8H,6-7H2,1-5H3,(H,17,18)(H2,13,14,19). The third-order valence-corrected chi connectivity index (χ3v) is 2.75. The maximum Gasteiger partial charge on any atom is 0.328 e. The van der Waals surface area contributed by atoms with E-state index >= 15 is 0 Å². The summed E-state index contributed by atoms with van der Waals surface area (Å²) >= 11 is 0. The minimum absolute atomic E-state index is 0.201. The van der Waals surface area contributed by atoms with Crippen molar-refractivity contribution in [1.82, 2.24) is 15.5 Å². The molecule has 0 saturated heterocycles. The van der Waals surface area contributed by atoms with Gasteiger partial charge in [0.05, 0.1) is 0 Å². The van der Waals surface area contributed by atoms with Gasteiger partial charge in [-0.25, -0.2) is 9.59 Å². The molecule has 0 aromatic carbocycles. The van der Waals surface area contributed by atoms with Crippen LogP contribution in [-0.4, -0.2) is 52.6 Å². The summed E-state index contributed by atoms with van der Waals surface area (Å²) in [6.07, 6.45) is 0. The first-order valence-corrected chi connectivity index (χ1v) is 6.26. The Morgan fingerprint density at radius 2 is 1.68 bits per heavy atom. The van der Waals surface area contributed by atoms with E-state index in [0.717, 1.165) is 0 Å². The van der Waals surface area contributed by atoms with E-state index in [2.05, 4.69) is 10.6 Å². The van der Waals surface area contributed by atoms with Crippen molar-refractivity contribution in [1.29, 1.82) is 0 Å². The van der Waals surface area contributed by atoms with E-state index in [0.29, 0.717) is 13.1 Å².